The second-order valence-corrected chi connectivity index (χ2v) is 5.19. The number of nitrogens with one attached hydrogen (secondary N) is 1. The third-order valence-electron chi connectivity index (χ3n) is 2.68. The fraction of sp³-hybridized carbons (Fsp3) is 0.385. The van der Waals surface area contributed by atoms with Crippen LogP contribution in [0.5, 0.6) is 0 Å². The van der Waals surface area contributed by atoms with Gasteiger partial charge < -0.3 is 0 Å². The van der Waals surface area contributed by atoms with Crippen molar-refractivity contribution in [2.24, 2.45) is 10.1 Å². The van der Waals surface area contributed by atoms with Gasteiger partial charge in [0.2, 0.25) is 0 Å². The highest BCUT2D eigenvalue weighted by Crippen LogP contribution is 2.09. The molecule has 98 valence electrons. The number of benzene rings is 1. The standard InChI is InChI=1S/C13H16IN3.ClH/c14-12-7-4-3-6-11(12)10-16-17-13-8-2-1-5-9-15-13;/h3-4,6-7,10H,1-2,5,8-9H2,(H,15,17);1H. The van der Waals surface area contributed by atoms with Crippen LogP contribution in [0.25, 0.3) is 0 Å². The highest BCUT2D eigenvalue weighted by atomic mass is 127. The second kappa shape index (κ2) is 8.48. The summed E-state index contributed by atoms with van der Waals surface area (Å²) in [6.07, 6.45) is 6.56. The quantitative estimate of drug-likeness (QED) is 0.477. The predicted octanol–water partition coefficient (Wildman–Crippen LogP) is 3.61. The lowest BCUT2D eigenvalue weighted by atomic mass is 10.2. The molecule has 2 rings (SSSR count). The van der Waals surface area contributed by atoms with Gasteiger partial charge in [-0.25, -0.2) is 0 Å². The molecule has 0 saturated carbocycles. The molecular formula is C13H17ClIN3. The Balaban J connectivity index is 0.00000162. The van der Waals surface area contributed by atoms with Gasteiger partial charge in [0.15, 0.2) is 0 Å². The van der Waals surface area contributed by atoms with Crippen LogP contribution in [0.15, 0.2) is 34.4 Å². The van der Waals surface area contributed by atoms with Crippen molar-refractivity contribution in [1.29, 1.82) is 0 Å². The molecule has 0 bridgehead atoms. The van der Waals surface area contributed by atoms with E-state index in [0.29, 0.717) is 0 Å². The molecule has 1 aromatic rings. The first kappa shape index (κ1) is 15.4. The molecule has 5 heteroatoms. The van der Waals surface area contributed by atoms with Gasteiger partial charge in [0, 0.05) is 22.1 Å². The smallest absolute Gasteiger partial charge is 0.117 e. The van der Waals surface area contributed by atoms with Gasteiger partial charge in [-0.05, 0) is 41.5 Å². The Hall–Kier alpha value is -0.620. The van der Waals surface area contributed by atoms with Crippen LogP contribution in [0.4, 0.5) is 0 Å². The van der Waals surface area contributed by atoms with E-state index in [4.69, 9.17) is 0 Å². The molecule has 0 aliphatic carbocycles. The van der Waals surface area contributed by atoms with Crippen molar-refractivity contribution in [2.75, 3.05) is 6.54 Å². The molecular weight excluding hydrogens is 361 g/mol. The first-order valence-corrected chi connectivity index (χ1v) is 7.01. The van der Waals surface area contributed by atoms with E-state index in [1.165, 1.54) is 22.8 Å². The number of amidine groups is 1. The Morgan fingerprint density at radius 2 is 2.06 bits per heavy atom. The summed E-state index contributed by atoms with van der Waals surface area (Å²) in [4.78, 5) is 4.47. The number of halogens is 2. The van der Waals surface area contributed by atoms with Crippen molar-refractivity contribution < 1.29 is 0 Å². The van der Waals surface area contributed by atoms with Gasteiger partial charge in [-0.3, -0.25) is 10.4 Å². The SMILES string of the molecule is Cl.Ic1ccccc1C=NNC1=NCCCCC1. The zero-order chi connectivity index (χ0) is 11.9. The fourth-order valence-electron chi connectivity index (χ4n) is 1.72. The topological polar surface area (TPSA) is 36.8 Å². The number of nitrogens with zero attached hydrogens (tertiary/aromatic N) is 2. The van der Waals surface area contributed by atoms with Crippen LogP contribution in [-0.2, 0) is 0 Å². The number of aliphatic imine (C=N–C) groups is 1. The van der Waals surface area contributed by atoms with E-state index in [1.807, 2.05) is 18.3 Å². The van der Waals surface area contributed by atoms with Crippen molar-refractivity contribution in [3.63, 3.8) is 0 Å². The highest BCUT2D eigenvalue weighted by molar-refractivity contribution is 14.1. The largest absolute Gasteiger partial charge is 0.271 e. The van der Waals surface area contributed by atoms with Crippen molar-refractivity contribution >= 4 is 47.0 Å². The number of hydrogen-bond donors (Lipinski definition) is 1. The van der Waals surface area contributed by atoms with Crippen LogP contribution >= 0.6 is 35.0 Å². The average Bonchev–Trinajstić information content (AvgIpc) is 2.60. The molecule has 0 atom stereocenters. The summed E-state index contributed by atoms with van der Waals surface area (Å²) in [6.45, 7) is 0.931. The second-order valence-electron chi connectivity index (χ2n) is 4.03. The van der Waals surface area contributed by atoms with Crippen molar-refractivity contribution in [3.8, 4) is 0 Å². The minimum Gasteiger partial charge on any atom is -0.271 e. The molecule has 1 aliphatic rings. The number of hydrazone groups is 1. The third kappa shape index (κ3) is 4.94. The lowest BCUT2D eigenvalue weighted by molar-refractivity contribution is 0.729. The maximum Gasteiger partial charge on any atom is 0.117 e. The van der Waals surface area contributed by atoms with Gasteiger partial charge in [0.05, 0.1) is 6.21 Å². The van der Waals surface area contributed by atoms with Gasteiger partial charge >= 0.3 is 0 Å². The van der Waals surface area contributed by atoms with Crippen molar-refractivity contribution in [2.45, 2.75) is 25.7 Å². The maximum absolute atomic E-state index is 4.47. The molecule has 0 amide bonds. The Labute approximate surface area is 128 Å². The summed E-state index contributed by atoms with van der Waals surface area (Å²) < 4.78 is 1.21. The zero-order valence-corrected chi connectivity index (χ0v) is 13.1. The van der Waals surface area contributed by atoms with Gasteiger partial charge in [-0.15, -0.1) is 12.4 Å². The van der Waals surface area contributed by atoms with Crippen LogP contribution in [0.3, 0.4) is 0 Å². The molecule has 0 aromatic heterocycles. The average molecular weight is 378 g/mol. The highest BCUT2D eigenvalue weighted by Gasteiger charge is 2.02. The monoisotopic (exact) mass is 377 g/mol. The Morgan fingerprint density at radius 1 is 1.22 bits per heavy atom. The maximum atomic E-state index is 4.47. The van der Waals surface area contributed by atoms with Crippen LogP contribution < -0.4 is 5.43 Å². The van der Waals surface area contributed by atoms with Crippen LogP contribution in [0.2, 0.25) is 0 Å². The summed E-state index contributed by atoms with van der Waals surface area (Å²) in [7, 11) is 0. The Morgan fingerprint density at radius 3 is 2.89 bits per heavy atom. The molecule has 0 unspecified atom stereocenters. The summed E-state index contributed by atoms with van der Waals surface area (Å²) in [5.74, 6) is 1.02. The van der Waals surface area contributed by atoms with Gasteiger partial charge in [0.1, 0.15) is 5.84 Å². The number of hydrogen-bond acceptors (Lipinski definition) is 3. The predicted molar refractivity (Wildman–Crippen MR) is 87.9 cm³/mol. The fourth-order valence-corrected chi connectivity index (χ4v) is 2.25. The van der Waals surface area contributed by atoms with Gasteiger partial charge in [0.25, 0.3) is 0 Å². The Bertz CT molecular complexity index is 432. The summed E-state index contributed by atoms with van der Waals surface area (Å²) in [5.41, 5.74) is 4.19. The zero-order valence-electron chi connectivity index (χ0n) is 10.1. The first-order valence-electron chi connectivity index (χ1n) is 5.93. The summed E-state index contributed by atoms with van der Waals surface area (Å²) in [5, 5.41) is 4.26. The molecule has 0 fully saturated rings. The van der Waals surface area contributed by atoms with E-state index >= 15 is 0 Å². The number of rotatable bonds is 2. The lowest BCUT2D eigenvalue weighted by Gasteiger charge is -2.02. The molecule has 0 radical (unpaired) electrons. The van der Waals surface area contributed by atoms with E-state index < -0.39 is 0 Å². The van der Waals surface area contributed by atoms with E-state index in [1.54, 1.807) is 0 Å². The van der Waals surface area contributed by atoms with E-state index in [9.17, 15) is 0 Å². The van der Waals surface area contributed by atoms with E-state index in [0.717, 1.165) is 24.4 Å². The van der Waals surface area contributed by atoms with Crippen LogP contribution in [-0.4, -0.2) is 18.6 Å². The van der Waals surface area contributed by atoms with Gasteiger partial charge in [-0.2, -0.15) is 5.10 Å². The van der Waals surface area contributed by atoms with Crippen molar-refractivity contribution in [3.05, 3.63) is 33.4 Å². The molecule has 1 aliphatic heterocycles. The van der Waals surface area contributed by atoms with E-state index in [-0.39, 0.29) is 12.4 Å². The van der Waals surface area contributed by atoms with Gasteiger partial charge in [-0.1, -0.05) is 24.6 Å². The molecule has 1 N–H and O–H groups in total. The molecule has 0 spiro atoms. The summed E-state index contributed by atoms with van der Waals surface area (Å²) >= 11 is 2.31. The minimum atomic E-state index is 0. The molecule has 3 nitrogen and oxygen atoms in total. The minimum absolute atomic E-state index is 0. The Kier molecular flexibility index (Phi) is 7.27. The molecule has 0 saturated heterocycles. The van der Waals surface area contributed by atoms with Crippen LogP contribution in [0, 0.1) is 3.57 Å². The van der Waals surface area contributed by atoms with E-state index in [2.05, 4.69) is 50.2 Å². The van der Waals surface area contributed by atoms with Crippen molar-refractivity contribution in [1.82, 2.24) is 5.43 Å². The lowest BCUT2D eigenvalue weighted by Crippen LogP contribution is -2.17. The normalized spacial score (nSPS) is 15.7. The summed E-state index contributed by atoms with van der Waals surface area (Å²) in [6, 6.07) is 8.18. The first-order chi connectivity index (χ1) is 8.36. The molecule has 18 heavy (non-hydrogen) atoms. The van der Waals surface area contributed by atoms with Crippen LogP contribution in [0.1, 0.15) is 31.2 Å². The molecule has 1 heterocycles. The molecule has 1 aromatic carbocycles. The third-order valence-corrected chi connectivity index (χ3v) is 3.66.